The van der Waals surface area contributed by atoms with Gasteiger partial charge >= 0.3 is 0 Å². The number of nitrogens with zero attached hydrogens (tertiary/aromatic N) is 3. The summed E-state index contributed by atoms with van der Waals surface area (Å²) in [5, 5.41) is 8.40. The van der Waals surface area contributed by atoms with Crippen molar-refractivity contribution in [3.8, 4) is 0 Å². The molecule has 1 aromatic heterocycles. The molecule has 0 saturated carbocycles. The van der Waals surface area contributed by atoms with Gasteiger partial charge in [0.2, 0.25) is 5.91 Å². The van der Waals surface area contributed by atoms with Gasteiger partial charge in [-0.3, -0.25) is 14.6 Å². The quantitative estimate of drug-likeness (QED) is 0.454. The van der Waals surface area contributed by atoms with Gasteiger partial charge < -0.3 is 5.32 Å². The van der Waals surface area contributed by atoms with Gasteiger partial charge in [0.1, 0.15) is 11.4 Å². The van der Waals surface area contributed by atoms with Crippen molar-refractivity contribution in [3.05, 3.63) is 65.0 Å². The predicted octanol–water partition coefficient (Wildman–Crippen LogP) is 3.70. The number of fused-ring (bicyclic) bond motifs is 1. The average Bonchev–Trinajstić information content (AvgIpc) is 2.80. The molecule has 1 aliphatic rings. The van der Waals surface area contributed by atoms with E-state index in [2.05, 4.69) is 22.1 Å². The molecule has 1 atom stereocenters. The van der Waals surface area contributed by atoms with Crippen LogP contribution >= 0.6 is 0 Å². The van der Waals surface area contributed by atoms with Crippen LogP contribution in [0, 0.1) is 6.92 Å². The van der Waals surface area contributed by atoms with E-state index in [9.17, 15) is 18.0 Å². The second-order valence-electron chi connectivity index (χ2n) is 8.49. The van der Waals surface area contributed by atoms with E-state index < -0.39 is 15.4 Å². The number of sulfone groups is 1. The molecule has 0 aliphatic heterocycles. The normalized spacial score (nSPS) is 17.9. The Morgan fingerprint density at radius 3 is 2.59 bits per heavy atom. The number of hydrogen-bond acceptors (Lipinski definition) is 7. The van der Waals surface area contributed by atoms with Crippen molar-refractivity contribution in [2.75, 3.05) is 11.1 Å². The van der Waals surface area contributed by atoms with Gasteiger partial charge in [-0.05, 0) is 62.9 Å². The molecule has 1 amide bonds. The molecule has 0 fully saturated rings. The molecule has 3 rings (SSSR count). The van der Waals surface area contributed by atoms with Gasteiger partial charge in [0, 0.05) is 18.5 Å². The summed E-state index contributed by atoms with van der Waals surface area (Å²) >= 11 is 0. The lowest BCUT2D eigenvalue weighted by Crippen LogP contribution is -2.50. The molecule has 1 aliphatic carbocycles. The first-order valence-corrected chi connectivity index (χ1v) is 12.8. The fourth-order valence-corrected chi connectivity index (χ4v) is 5.00. The summed E-state index contributed by atoms with van der Waals surface area (Å²) < 4.78 is 23.9. The van der Waals surface area contributed by atoms with Crippen LogP contribution in [0.5, 0.6) is 0 Å². The summed E-state index contributed by atoms with van der Waals surface area (Å²) in [7, 11) is -3.28. The van der Waals surface area contributed by atoms with E-state index in [1.54, 1.807) is 36.3 Å². The van der Waals surface area contributed by atoms with Crippen molar-refractivity contribution >= 4 is 34.1 Å². The minimum absolute atomic E-state index is 0.0231. The Hall–Kier alpha value is -3.33. The maximum absolute atomic E-state index is 13.4. The topological polar surface area (TPSA) is 109 Å². The molecule has 1 aromatic carbocycles. The van der Waals surface area contributed by atoms with Crippen LogP contribution in [0.1, 0.15) is 54.4 Å². The van der Waals surface area contributed by atoms with Crippen LogP contribution in [0.4, 0.5) is 5.82 Å². The molecular formula is C25H30N4O4S. The standard InChI is InChI=1S/C25H30N4O4S/c1-6-14-29(26-5)25(4)13-12-20-23(24(25)31)17(3)15-21(27-20)28-22(30)16-18-8-10-19(11-9-18)34(32,33)7-2/h6,8-11,14-15H,5,7,12-13,16H2,1-4H3,(H,27,28,30)/b14-6-. The van der Waals surface area contributed by atoms with Crippen molar-refractivity contribution in [2.24, 2.45) is 5.10 Å². The fourth-order valence-electron chi connectivity index (χ4n) is 4.12. The largest absolute Gasteiger partial charge is 0.310 e. The summed E-state index contributed by atoms with van der Waals surface area (Å²) in [5.41, 5.74) is 1.77. The second-order valence-corrected chi connectivity index (χ2v) is 10.8. The number of aromatic nitrogens is 1. The van der Waals surface area contributed by atoms with E-state index in [1.807, 2.05) is 26.8 Å². The highest BCUT2D eigenvalue weighted by Gasteiger charge is 2.44. The lowest BCUT2D eigenvalue weighted by Gasteiger charge is -2.39. The molecule has 0 radical (unpaired) electrons. The molecule has 2 aromatic rings. The summed E-state index contributed by atoms with van der Waals surface area (Å²) in [4.78, 5) is 30.8. The molecule has 8 nitrogen and oxygen atoms in total. The number of allylic oxidation sites excluding steroid dienone is 1. The number of carbonyl (C=O) groups is 2. The van der Waals surface area contributed by atoms with Gasteiger partial charge in [0.15, 0.2) is 15.6 Å². The number of amides is 1. The zero-order chi connectivity index (χ0) is 25.1. The van der Waals surface area contributed by atoms with E-state index >= 15 is 0 Å². The van der Waals surface area contributed by atoms with Gasteiger partial charge in [0.25, 0.3) is 0 Å². The van der Waals surface area contributed by atoms with Crippen LogP contribution in [0.15, 0.2) is 52.6 Å². The molecule has 0 saturated heterocycles. The van der Waals surface area contributed by atoms with E-state index in [0.717, 1.165) is 5.56 Å². The number of pyridine rings is 1. The van der Waals surface area contributed by atoms with Crippen LogP contribution in [-0.4, -0.2) is 48.1 Å². The van der Waals surface area contributed by atoms with Crippen LogP contribution in [-0.2, 0) is 27.5 Å². The predicted molar refractivity (Wildman–Crippen MR) is 133 cm³/mol. The number of nitrogens with one attached hydrogen (secondary N) is 1. The summed E-state index contributed by atoms with van der Waals surface area (Å²) in [5.74, 6) is 0.0502. The third-order valence-corrected chi connectivity index (χ3v) is 7.85. The fraction of sp³-hybridized carbons (Fsp3) is 0.360. The summed E-state index contributed by atoms with van der Waals surface area (Å²) in [6, 6.07) is 7.99. The molecule has 0 bridgehead atoms. The molecule has 9 heteroatoms. The van der Waals surface area contributed by atoms with Gasteiger partial charge in [-0.15, -0.1) is 0 Å². The zero-order valence-corrected chi connectivity index (χ0v) is 20.8. The Morgan fingerprint density at radius 1 is 1.32 bits per heavy atom. The van der Waals surface area contributed by atoms with E-state index in [4.69, 9.17) is 0 Å². The number of aryl methyl sites for hydroxylation is 2. The minimum atomic E-state index is -3.28. The van der Waals surface area contributed by atoms with Gasteiger partial charge in [-0.2, -0.15) is 5.10 Å². The van der Waals surface area contributed by atoms with Crippen molar-refractivity contribution < 1.29 is 18.0 Å². The number of rotatable bonds is 8. The molecule has 180 valence electrons. The van der Waals surface area contributed by atoms with Crippen molar-refractivity contribution in [1.82, 2.24) is 9.99 Å². The van der Waals surface area contributed by atoms with Gasteiger partial charge in [-0.25, -0.2) is 13.4 Å². The number of hydrazone groups is 1. The molecule has 34 heavy (non-hydrogen) atoms. The number of hydrogen-bond donors (Lipinski definition) is 1. The monoisotopic (exact) mass is 482 g/mol. The average molecular weight is 483 g/mol. The number of anilines is 1. The third-order valence-electron chi connectivity index (χ3n) is 6.10. The molecule has 1 heterocycles. The number of ketones is 1. The maximum Gasteiger partial charge on any atom is 0.229 e. The van der Waals surface area contributed by atoms with E-state index in [-0.39, 0.29) is 28.8 Å². The zero-order valence-electron chi connectivity index (χ0n) is 20.0. The molecule has 0 spiro atoms. The van der Waals surface area contributed by atoms with E-state index in [0.29, 0.717) is 35.5 Å². The van der Waals surface area contributed by atoms with Gasteiger partial charge in [0.05, 0.1) is 22.8 Å². The smallest absolute Gasteiger partial charge is 0.229 e. The Balaban J connectivity index is 1.77. The summed E-state index contributed by atoms with van der Waals surface area (Å²) in [6.45, 7) is 10.7. The lowest BCUT2D eigenvalue weighted by atomic mass is 9.78. The van der Waals surface area contributed by atoms with Crippen molar-refractivity contribution in [1.29, 1.82) is 0 Å². The molecule has 1 unspecified atom stereocenters. The van der Waals surface area contributed by atoms with Crippen molar-refractivity contribution in [2.45, 2.75) is 57.4 Å². The number of carbonyl (C=O) groups excluding carboxylic acids is 2. The highest BCUT2D eigenvalue weighted by atomic mass is 32.2. The third kappa shape index (κ3) is 4.94. The molecule has 1 N–H and O–H groups in total. The van der Waals surface area contributed by atoms with E-state index in [1.165, 1.54) is 12.1 Å². The first-order valence-electron chi connectivity index (χ1n) is 11.1. The van der Waals surface area contributed by atoms with Crippen LogP contribution in [0.3, 0.4) is 0 Å². The Kier molecular flexibility index (Phi) is 7.35. The van der Waals surface area contributed by atoms with Crippen LogP contribution < -0.4 is 5.32 Å². The number of Topliss-reactive ketones (excluding diaryl/α,β-unsaturated/α-hetero) is 1. The second kappa shape index (κ2) is 9.89. The Bertz CT molecular complexity index is 1250. The Morgan fingerprint density at radius 2 is 2.00 bits per heavy atom. The minimum Gasteiger partial charge on any atom is -0.310 e. The first-order chi connectivity index (χ1) is 16.1. The number of benzene rings is 1. The van der Waals surface area contributed by atoms with Gasteiger partial charge in [-0.1, -0.05) is 25.1 Å². The van der Waals surface area contributed by atoms with Crippen LogP contribution in [0.25, 0.3) is 0 Å². The van der Waals surface area contributed by atoms with Crippen LogP contribution in [0.2, 0.25) is 0 Å². The highest BCUT2D eigenvalue weighted by Crippen LogP contribution is 2.35. The highest BCUT2D eigenvalue weighted by molar-refractivity contribution is 7.91. The Labute approximate surface area is 200 Å². The summed E-state index contributed by atoms with van der Waals surface area (Å²) in [6.07, 6.45) is 4.68. The first kappa shape index (κ1) is 25.3. The molecular weight excluding hydrogens is 452 g/mol. The lowest BCUT2D eigenvalue weighted by molar-refractivity contribution is -0.115. The maximum atomic E-state index is 13.4. The van der Waals surface area contributed by atoms with Crippen molar-refractivity contribution in [3.63, 3.8) is 0 Å². The SMILES string of the molecule is C=NN(/C=C\C)C1(C)CCc2nc(NC(=O)Cc3ccc(S(=O)(=O)CC)cc3)cc(C)c2C1=O.